The van der Waals surface area contributed by atoms with E-state index >= 15 is 0 Å². The lowest BCUT2D eigenvalue weighted by atomic mass is 9.99. The van der Waals surface area contributed by atoms with Crippen molar-refractivity contribution in [2.24, 2.45) is 5.92 Å². The van der Waals surface area contributed by atoms with Crippen molar-refractivity contribution >= 4 is 0 Å². The van der Waals surface area contributed by atoms with Crippen molar-refractivity contribution in [3.8, 4) is 0 Å². The van der Waals surface area contributed by atoms with Crippen LogP contribution in [0.25, 0.3) is 0 Å². The lowest BCUT2D eigenvalue weighted by molar-refractivity contribution is -0.138. The summed E-state index contributed by atoms with van der Waals surface area (Å²) in [6.45, 7) is 2.12. The average molecular weight is 289 g/mol. The van der Waals surface area contributed by atoms with E-state index in [1.165, 1.54) is 18.9 Å². The van der Waals surface area contributed by atoms with Crippen molar-refractivity contribution in [3.05, 3.63) is 35.1 Å². The molecule has 0 saturated heterocycles. The zero-order chi connectivity index (χ0) is 14.8. The monoisotopic (exact) mass is 289 g/mol. The highest BCUT2D eigenvalue weighted by Crippen LogP contribution is 2.33. The van der Waals surface area contributed by atoms with Crippen LogP contribution in [0.3, 0.4) is 0 Å². The molecule has 1 aromatic carbocycles. The third-order valence-corrected chi connectivity index (χ3v) is 4.10. The molecule has 0 bridgehead atoms. The number of hydrogen-bond acceptors (Lipinski definition) is 1. The van der Waals surface area contributed by atoms with Gasteiger partial charge in [0.1, 0.15) is 5.82 Å². The zero-order valence-corrected chi connectivity index (χ0v) is 11.4. The molecule has 0 spiro atoms. The third-order valence-electron chi connectivity index (χ3n) is 4.10. The second kappa shape index (κ2) is 6.12. The minimum absolute atomic E-state index is 0.101. The predicted molar refractivity (Wildman–Crippen MR) is 69.7 cm³/mol. The fourth-order valence-corrected chi connectivity index (χ4v) is 2.86. The van der Waals surface area contributed by atoms with Crippen LogP contribution < -0.4 is 5.32 Å². The Bertz CT molecular complexity index is 450. The molecule has 20 heavy (non-hydrogen) atoms. The Morgan fingerprint density at radius 2 is 1.90 bits per heavy atom. The Labute approximate surface area is 116 Å². The van der Waals surface area contributed by atoms with Crippen molar-refractivity contribution < 1.29 is 17.6 Å². The summed E-state index contributed by atoms with van der Waals surface area (Å²) in [7, 11) is 0. The molecule has 1 aliphatic rings. The molecule has 1 unspecified atom stereocenters. The predicted octanol–water partition coefficient (Wildman–Crippen LogP) is 4.51. The molecule has 1 aromatic rings. The van der Waals surface area contributed by atoms with Crippen LogP contribution in [-0.4, -0.2) is 6.04 Å². The van der Waals surface area contributed by atoms with Crippen LogP contribution in [0.2, 0.25) is 0 Å². The number of alkyl halides is 3. The molecule has 0 radical (unpaired) electrons. The summed E-state index contributed by atoms with van der Waals surface area (Å²) in [6.07, 6.45) is 0.130. The van der Waals surface area contributed by atoms with Gasteiger partial charge < -0.3 is 5.32 Å². The summed E-state index contributed by atoms with van der Waals surface area (Å²) < 4.78 is 51.6. The molecule has 1 atom stereocenters. The SMILES string of the molecule is CC(NCc1ccc(F)cc1C(F)(F)F)C1CCCC1. The van der Waals surface area contributed by atoms with Crippen LogP contribution in [0.15, 0.2) is 18.2 Å². The summed E-state index contributed by atoms with van der Waals surface area (Å²) in [5, 5.41) is 3.15. The minimum atomic E-state index is -4.52. The highest BCUT2D eigenvalue weighted by molar-refractivity contribution is 5.30. The molecule has 5 heteroatoms. The summed E-state index contributed by atoms with van der Waals surface area (Å²) in [6, 6.07) is 3.04. The van der Waals surface area contributed by atoms with Crippen LogP contribution in [0.1, 0.15) is 43.7 Å². The molecular formula is C15H19F4N. The minimum Gasteiger partial charge on any atom is -0.310 e. The van der Waals surface area contributed by atoms with E-state index < -0.39 is 17.6 Å². The van der Waals surface area contributed by atoms with Gasteiger partial charge in [-0.25, -0.2) is 4.39 Å². The summed E-state index contributed by atoms with van der Waals surface area (Å²) >= 11 is 0. The van der Waals surface area contributed by atoms with Crippen LogP contribution in [0.4, 0.5) is 17.6 Å². The maximum absolute atomic E-state index is 13.0. The molecule has 0 aliphatic heterocycles. The van der Waals surface area contributed by atoms with Crippen molar-refractivity contribution in [3.63, 3.8) is 0 Å². The fourth-order valence-electron chi connectivity index (χ4n) is 2.86. The largest absolute Gasteiger partial charge is 0.416 e. The number of halogens is 4. The van der Waals surface area contributed by atoms with Crippen LogP contribution in [0, 0.1) is 11.7 Å². The van der Waals surface area contributed by atoms with Crippen LogP contribution >= 0.6 is 0 Å². The number of hydrogen-bond donors (Lipinski definition) is 1. The topological polar surface area (TPSA) is 12.0 Å². The Morgan fingerprint density at radius 1 is 1.25 bits per heavy atom. The molecular weight excluding hydrogens is 270 g/mol. The van der Waals surface area contributed by atoms with E-state index in [9.17, 15) is 17.6 Å². The quantitative estimate of drug-likeness (QED) is 0.804. The first-order valence-electron chi connectivity index (χ1n) is 6.97. The third kappa shape index (κ3) is 3.72. The molecule has 0 aromatic heterocycles. The summed E-state index contributed by atoms with van der Waals surface area (Å²) in [4.78, 5) is 0. The first-order valence-corrected chi connectivity index (χ1v) is 6.97. The van der Waals surface area contributed by atoms with Gasteiger partial charge in [0.05, 0.1) is 5.56 Å². The smallest absolute Gasteiger partial charge is 0.310 e. The molecule has 112 valence electrons. The first-order chi connectivity index (χ1) is 9.38. The lowest BCUT2D eigenvalue weighted by Crippen LogP contribution is -2.32. The Hall–Kier alpha value is -1.10. The molecule has 1 aliphatic carbocycles. The fraction of sp³-hybridized carbons (Fsp3) is 0.600. The molecule has 1 saturated carbocycles. The van der Waals surface area contributed by atoms with Gasteiger partial charge in [-0.1, -0.05) is 18.9 Å². The molecule has 1 fully saturated rings. The van der Waals surface area contributed by atoms with Gasteiger partial charge in [0, 0.05) is 12.6 Å². The van der Waals surface area contributed by atoms with E-state index in [2.05, 4.69) is 5.32 Å². The zero-order valence-electron chi connectivity index (χ0n) is 11.4. The van der Waals surface area contributed by atoms with E-state index in [4.69, 9.17) is 0 Å². The van der Waals surface area contributed by atoms with Crippen LogP contribution in [0.5, 0.6) is 0 Å². The molecule has 0 heterocycles. The average Bonchev–Trinajstić information content (AvgIpc) is 2.89. The number of rotatable bonds is 4. The van der Waals surface area contributed by atoms with Gasteiger partial charge in [-0.2, -0.15) is 13.2 Å². The van der Waals surface area contributed by atoms with Gasteiger partial charge >= 0.3 is 6.18 Å². The highest BCUT2D eigenvalue weighted by Gasteiger charge is 2.33. The van der Waals surface area contributed by atoms with Crippen LogP contribution in [-0.2, 0) is 12.7 Å². The van der Waals surface area contributed by atoms with Crippen molar-refractivity contribution in [2.75, 3.05) is 0 Å². The molecule has 0 amide bonds. The van der Waals surface area contributed by atoms with Crippen molar-refractivity contribution in [2.45, 2.75) is 51.4 Å². The highest BCUT2D eigenvalue weighted by atomic mass is 19.4. The standard InChI is InChI=1S/C15H19F4N/c1-10(11-4-2-3-5-11)20-9-12-6-7-13(16)8-14(12)15(17,18)19/h6-8,10-11,20H,2-5,9H2,1H3. The van der Waals surface area contributed by atoms with E-state index in [0.29, 0.717) is 12.0 Å². The second-order valence-corrected chi connectivity index (χ2v) is 5.51. The molecule has 2 rings (SSSR count). The first kappa shape index (κ1) is 15.3. The summed E-state index contributed by atoms with van der Waals surface area (Å²) in [5.74, 6) is -0.324. The van der Waals surface area contributed by atoms with E-state index in [0.717, 1.165) is 18.9 Å². The maximum atomic E-state index is 13.0. The van der Waals surface area contributed by atoms with Gasteiger partial charge in [-0.05, 0) is 43.4 Å². The number of nitrogens with one attached hydrogen (secondary N) is 1. The summed E-state index contributed by atoms with van der Waals surface area (Å²) in [5.41, 5.74) is -0.785. The van der Waals surface area contributed by atoms with Gasteiger partial charge in [0.25, 0.3) is 0 Å². The second-order valence-electron chi connectivity index (χ2n) is 5.51. The maximum Gasteiger partial charge on any atom is 0.416 e. The van der Waals surface area contributed by atoms with Gasteiger partial charge in [-0.3, -0.25) is 0 Å². The molecule has 1 N–H and O–H groups in total. The van der Waals surface area contributed by atoms with E-state index in [1.54, 1.807) is 0 Å². The lowest BCUT2D eigenvalue weighted by Gasteiger charge is -2.21. The Morgan fingerprint density at radius 3 is 2.50 bits per heavy atom. The Kier molecular flexibility index (Phi) is 4.68. The van der Waals surface area contributed by atoms with Crippen molar-refractivity contribution in [1.29, 1.82) is 0 Å². The van der Waals surface area contributed by atoms with E-state index in [-0.39, 0.29) is 18.2 Å². The Balaban J connectivity index is 2.05. The normalized spacial score (nSPS) is 18.4. The van der Waals surface area contributed by atoms with Gasteiger partial charge in [0.2, 0.25) is 0 Å². The van der Waals surface area contributed by atoms with Crippen molar-refractivity contribution in [1.82, 2.24) is 5.32 Å². The van der Waals surface area contributed by atoms with Gasteiger partial charge in [-0.15, -0.1) is 0 Å². The number of benzene rings is 1. The molecule has 1 nitrogen and oxygen atoms in total. The van der Waals surface area contributed by atoms with Gasteiger partial charge in [0.15, 0.2) is 0 Å². The van der Waals surface area contributed by atoms with E-state index in [1.807, 2.05) is 6.92 Å².